The van der Waals surface area contributed by atoms with Crippen LogP contribution in [-0.4, -0.2) is 25.2 Å². The lowest BCUT2D eigenvalue weighted by atomic mass is 9.87. The first-order chi connectivity index (χ1) is 8.92. The van der Waals surface area contributed by atoms with E-state index in [1.54, 1.807) is 11.1 Å². The van der Waals surface area contributed by atoms with Gasteiger partial charge < -0.3 is 10.6 Å². The summed E-state index contributed by atoms with van der Waals surface area (Å²) in [7, 11) is 0. The Morgan fingerprint density at radius 3 is 2.78 bits per heavy atom. The fraction of sp³-hybridized carbons (Fsp3) is 0.625. The van der Waals surface area contributed by atoms with Gasteiger partial charge in [0.15, 0.2) is 0 Å². The molecule has 0 amide bonds. The SMILES string of the molecule is c1ccc2c(c1)CCC(NC1CCCNCC1)C2. The molecule has 2 heteroatoms. The van der Waals surface area contributed by atoms with Crippen molar-refractivity contribution >= 4 is 0 Å². The van der Waals surface area contributed by atoms with Gasteiger partial charge >= 0.3 is 0 Å². The van der Waals surface area contributed by atoms with Crippen molar-refractivity contribution in [1.82, 2.24) is 10.6 Å². The number of rotatable bonds is 2. The van der Waals surface area contributed by atoms with Crippen molar-refractivity contribution in [1.29, 1.82) is 0 Å². The van der Waals surface area contributed by atoms with Crippen molar-refractivity contribution < 1.29 is 0 Å². The van der Waals surface area contributed by atoms with Gasteiger partial charge in [0.25, 0.3) is 0 Å². The molecule has 0 spiro atoms. The maximum Gasteiger partial charge on any atom is 0.0113 e. The summed E-state index contributed by atoms with van der Waals surface area (Å²) in [5.74, 6) is 0. The zero-order valence-electron chi connectivity index (χ0n) is 11.1. The summed E-state index contributed by atoms with van der Waals surface area (Å²) in [6.07, 6.45) is 7.73. The minimum Gasteiger partial charge on any atom is -0.317 e. The third kappa shape index (κ3) is 2.93. The van der Waals surface area contributed by atoms with Crippen molar-refractivity contribution in [2.24, 2.45) is 0 Å². The summed E-state index contributed by atoms with van der Waals surface area (Å²) in [6, 6.07) is 10.4. The predicted molar refractivity (Wildman–Crippen MR) is 75.9 cm³/mol. The Morgan fingerprint density at radius 2 is 1.83 bits per heavy atom. The van der Waals surface area contributed by atoms with Crippen LogP contribution in [0.25, 0.3) is 0 Å². The lowest BCUT2D eigenvalue weighted by Crippen LogP contribution is -2.42. The molecule has 0 radical (unpaired) electrons. The van der Waals surface area contributed by atoms with Crippen molar-refractivity contribution in [3.05, 3.63) is 35.4 Å². The zero-order chi connectivity index (χ0) is 12.2. The molecule has 1 fully saturated rings. The van der Waals surface area contributed by atoms with Gasteiger partial charge in [0.2, 0.25) is 0 Å². The van der Waals surface area contributed by atoms with E-state index in [1.165, 1.54) is 51.6 Å². The highest BCUT2D eigenvalue weighted by Crippen LogP contribution is 2.22. The van der Waals surface area contributed by atoms with Gasteiger partial charge in [0.1, 0.15) is 0 Å². The summed E-state index contributed by atoms with van der Waals surface area (Å²) in [5.41, 5.74) is 3.13. The summed E-state index contributed by atoms with van der Waals surface area (Å²) >= 11 is 0. The Hall–Kier alpha value is -0.860. The zero-order valence-corrected chi connectivity index (χ0v) is 11.1. The molecule has 18 heavy (non-hydrogen) atoms. The molecule has 3 rings (SSSR count). The largest absolute Gasteiger partial charge is 0.317 e. The second-order valence-corrected chi connectivity index (χ2v) is 5.75. The fourth-order valence-corrected chi connectivity index (χ4v) is 3.36. The first-order valence-corrected chi connectivity index (χ1v) is 7.45. The van der Waals surface area contributed by atoms with Gasteiger partial charge in [-0.05, 0) is 62.7 Å². The molecule has 2 N–H and O–H groups in total. The fourth-order valence-electron chi connectivity index (χ4n) is 3.36. The summed E-state index contributed by atoms with van der Waals surface area (Å²) in [6.45, 7) is 2.38. The van der Waals surface area contributed by atoms with Gasteiger partial charge in [-0.25, -0.2) is 0 Å². The Kier molecular flexibility index (Phi) is 3.96. The molecular formula is C16H24N2. The summed E-state index contributed by atoms with van der Waals surface area (Å²) < 4.78 is 0. The molecule has 2 aliphatic rings. The molecule has 1 heterocycles. The van der Waals surface area contributed by atoms with E-state index in [-0.39, 0.29) is 0 Å². The highest BCUT2D eigenvalue weighted by atomic mass is 15.0. The maximum atomic E-state index is 3.90. The average Bonchev–Trinajstić information content (AvgIpc) is 2.67. The van der Waals surface area contributed by atoms with Crippen LogP contribution < -0.4 is 10.6 Å². The van der Waals surface area contributed by atoms with Gasteiger partial charge in [-0.3, -0.25) is 0 Å². The van der Waals surface area contributed by atoms with E-state index in [0.717, 1.165) is 6.04 Å². The van der Waals surface area contributed by atoms with E-state index in [2.05, 4.69) is 34.9 Å². The Labute approximate surface area is 110 Å². The summed E-state index contributed by atoms with van der Waals surface area (Å²) in [4.78, 5) is 0. The van der Waals surface area contributed by atoms with Crippen molar-refractivity contribution in [2.45, 2.75) is 50.6 Å². The lowest BCUT2D eigenvalue weighted by molar-refractivity contribution is 0.371. The van der Waals surface area contributed by atoms with E-state index in [1.807, 2.05) is 0 Å². The van der Waals surface area contributed by atoms with E-state index in [4.69, 9.17) is 0 Å². The Bertz CT molecular complexity index is 380. The normalized spacial score (nSPS) is 28.4. The summed E-state index contributed by atoms with van der Waals surface area (Å²) in [5, 5.41) is 7.39. The quantitative estimate of drug-likeness (QED) is 0.834. The van der Waals surface area contributed by atoms with Crippen LogP contribution in [0.15, 0.2) is 24.3 Å². The number of nitrogens with one attached hydrogen (secondary N) is 2. The van der Waals surface area contributed by atoms with Crippen LogP contribution >= 0.6 is 0 Å². The molecule has 2 atom stereocenters. The molecule has 1 aliphatic heterocycles. The molecule has 1 aliphatic carbocycles. The number of benzene rings is 1. The molecule has 0 saturated carbocycles. The monoisotopic (exact) mass is 244 g/mol. The predicted octanol–water partition coefficient (Wildman–Crippen LogP) is 2.28. The molecule has 1 aromatic rings. The second-order valence-electron chi connectivity index (χ2n) is 5.75. The van der Waals surface area contributed by atoms with Crippen molar-refractivity contribution in [3.8, 4) is 0 Å². The van der Waals surface area contributed by atoms with Crippen LogP contribution in [0.5, 0.6) is 0 Å². The Balaban J connectivity index is 1.58. The maximum absolute atomic E-state index is 3.90. The minimum absolute atomic E-state index is 0.697. The molecule has 98 valence electrons. The number of fused-ring (bicyclic) bond motifs is 1. The molecule has 2 unspecified atom stereocenters. The molecule has 0 bridgehead atoms. The highest BCUT2D eigenvalue weighted by Gasteiger charge is 2.21. The first-order valence-electron chi connectivity index (χ1n) is 7.45. The third-order valence-electron chi connectivity index (χ3n) is 4.39. The van der Waals surface area contributed by atoms with Gasteiger partial charge in [0, 0.05) is 12.1 Å². The highest BCUT2D eigenvalue weighted by molar-refractivity contribution is 5.30. The van der Waals surface area contributed by atoms with Crippen LogP contribution in [0, 0.1) is 0 Å². The average molecular weight is 244 g/mol. The molecule has 0 aromatic heterocycles. The van der Waals surface area contributed by atoms with Crippen LogP contribution in [0.4, 0.5) is 0 Å². The number of hydrogen-bond acceptors (Lipinski definition) is 2. The van der Waals surface area contributed by atoms with E-state index >= 15 is 0 Å². The van der Waals surface area contributed by atoms with Crippen LogP contribution in [0.2, 0.25) is 0 Å². The number of hydrogen-bond donors (Lipinski definition) is 2. The van der Waals surface area contributed by atoms with Crippen LogP contribution in [-0.2, 0) is 12.8 Å². The standard InChI is InChI=1S/C16H24N2/c1-2-5-14-12-16(8-7-13(14)4-1)18-15-6-3-10-17-11-9-15/h1-2,4-5,15-18H,3,6-12H2. The molecule has 1 aromatic carbocycles. The van der Waals surface area contributed by atoms with Gasteiger partial charge in [0.05, 0.1) is 0 Å². The smallest absolute Gasteiger partial charge is 0.0113 e. The van der Waals surface area contributed by atoms with Crippen LogP contribution in [0.3, 0.4) is 0 Å². The molecule has 1 saturated heterocycles. The topological polar surface area (TPSA) is 24.1 Å². The third-order valence-corrected chi connectivity index (χ3v) is 4.39. The molecular weight excluding hydrogens is 220 g/mol. The molecule has 2 nitrogen and oxygen atoms in total. The second kappa shape index (κ2) is 5.85. The van der Waals surface area contributed by atoms with Crippen molar-refractivity contribution in [2.75, 3.05) is 13.1 Å². The Morgan fingerprint density at radius 1 is 0.944 bits per heavy atom. The van der Waals surface area contributed by atoms with E-state index < -0.39 is 0 Å². The van der Waals surface area contributed by atoms with Gasteiger partial charge in [-0.15, -0.1) is 0 Å². The van der Waals surface area contributed by atoms with Crippen LogP contribution in [0.1, 0.15) is 36.8 Å². The van der Waals surface area contributed by atoms with E-state index in [9.17, 15) is 0 Å². The lowest BCUT2D eigenvalue weighted by Gasteiger charge is -2.29. The van der Waals surface area contributed by atoms with Gasteiger partial charge in [-0.1, -0.05) is 24.3 Å². The van der Waals surface area contributed by atoms with E-state index in [0.29, 0.717) is 6.04 Å². The van der Waals surface area contributed by atoms with Gasteiger partial charge in [-0.2, -0.15) is 0 Å². The minimum atomic E-state index is 0.697. The first kappa shape index (κ1) is 12.2. The number of aryl methyl sites for hydroxylation is 1. The van der Waals surface area contributed by atoms with Crippen molar-refractivity contribution in [3.63, 3.8) is 0 Å².